The van der Waals surface area contributed by atoms with Gasteiger partial charge in [0.05, 0.1) is 0 Å². The van der Waals surface area contributed by atoms with Gasteiger partial charge in [0.1, 0.15) is 9.34 Å². The van der Waals surface area contributed by atoms with Gasteiger partial charge in [0.15, 0.2) is 6.10 Å². The Morgan fingerprint density at radius 2 is 1.50 bits per heavy atom. The zero-order valence-corrected chi connectivity index (χ0v) is 13.5. The Hall–Kier alpha value is -1.76. The van der Waals surface area contributed by atoms with Gasteiger partial charge >= 0.3 is 5.92 Å². The summed E-state index contributed by atoms with van der Waals surface area (Å²) >= 11 is 1.63. The first-order valence-electron chi connectivity index (χ1n) is 6.61. The van der Waals surface area contributed by atoms with Gasteiger partial charge in [-0.25, -0.2) is 0 Å². The maximum absolute atomic E-state index is 14.4. The van der Waals surface area contributed by atoms with E-state index in [1.54, 1.807) is 65.1 Å². The molecule has 112 valence electrons. The van der Waals surface area contributed by atoms with E-state index in [1.807, 2.05) is 6.07 Å². The minimum absolute atomic E-state index is 0.0824. The third-order valence-corrected chi connectivity index (χ3v) is 4.38. The molecule has 0 bridgehead atoms. The van der Waals surface area contributed by atoms with Gasteiger partial charge in [-0.2, -0.15) is 8.78 Å². The molecule has 5 heteroatoms. The van der Waals surface area contributed by atoms with Crippen LogP contribution in [0.2, 0.25) is 0 Å². The Morgan fingerprint density at radius 1 is 0.955 bits per heavy atom. The fourth-order valence-electron chi connectivity index (χ4n) is 2.30. The lowest BCUT2D eigenvalue weighted by Crippen LogP contribution is -2.40. The molecule has 0 aliphatic carbocycles. The van der Waals surface area contributed by atoms with E-state index in [1.165, 1.54) is 12.1 Å². The summed E-state index contributed by atoms with van der Waals surface area (Å²) in [6.07, 6.45) is -1.62. The average molecular weight is 412 g/mol. The third kappa shape index (κ3) is 2.54. The molecule has 0 aromatic heterocycles. The van der Waals surface area contributed by atoms with Crippen LogP contribution >= 0.6 is 22.6 Å². The number of allylic oxidation sites excluding steroid dienone is 1. The number of alkyl halides is 2. The van der Waals surface area contributed by atoms with Crippen molar-refractivity contribution < 1.29 is 18.3 Å². The molecular formula is C17H11F2IO2. The van der Waals surface area contributed by atoms with E-state index < -0.39 is 17.8 Å². The van der Waals surface area contributed by atoms with Gasteiger partial charge in [-0.15, -0.1) is 0 Å². The van der Waals surface area contributed by atoms with Crippen molar-refractivity contribution in [2.75, 3.05) is 0 Å². The first kappa shape index (κ1) is 15.1. The molecule has 0 N–H and O–H groups in total. The molecule has 0 spiro atoms. The molecule has 1 aliphatic rings. The lowest BCUT2D eigenvalue weighted by atomic mass is 9.96. The van der Waals surface area contributed by atoms with Crippen LogP contribution < -0.4 is 0 Å². The van der Waals surface area contributed by atoms with Crippen LogP contribution in [0, 0.1) is 0 Å². The molecule has 1 aliphatic heterocycles. The summed E-state index contributed by atoms with van der Waals surface area (Å²) in [7, 11) is 0. The fraction of sp³-hybridized carbons (Fsp3) is 0.118. The predicted molar refractivity (Wildman–Crippen MR) is 87.6 cm³/mol. The minimum Gasteiger partial charge on any atom is -0.477 e. The van der Waals surface area contributed by atoms with Crippen LogP contribution in [0.5, 0.6) is 0 Å². The second kappa shape index (κ2) is 5.79. The third-order valence-electron chi connectivity index (χ3n) is 3.40. The first-order valence-corrected chi connectivity index (χ1v) is 7.69. The summed E-state index contributed by atoms with van der Waals surface area (Å²) < 4.78 is 34.2. The number of carbonyl (C=O) groups is 1. The highest BCUT2D eigenvalue weighted by Crippen LogP contribution is 2.47. The van der Waals surface area contributed by atoms with Crippen LogP contribution in [0.4, 0.5) is 8.78 Å². The Bertz CT molecular complexity index is 727. The SMILES string of the molecule is O=C1C(I)=C(c2ccccc2)OC(c2ccccc2)C1(F)F. The van der Waals surface area contributed by atoms with Gasteiger partial charge in [-0.1, -0.05) is 60.7 Å². The number of hydrogen-bond donors (Lipinski definition) is 0. The van der Waals surface area contributed by atoms with Crippen molar-refractivity contribution in [3.63, 3.8) is 0 Å². The zero-order valence-electron chi connectivity index (χ0n) is 11.3. The van der Waals surface area contributed by atoms with Crippen molar-refractivity contribution in [3.05, 3.63) is 75.4 Å². The Kier molecular flexibility index (Phi) is 3.99. The smallest absolute Gasteiger partial charge is 0.350 e. The summed E-state index contributed by atoms with van der Waals surface area (Å²) in [4.78, 5) is 12.1. The number of halogens is 3. The fourth-order valence-corrected chi connectivity index (χ4v) is 3.10. The van der Waals surface area contributed by atoms with Crippen molar-refractivity contribution in [1.82, 2.24) is 0 Å². The quantitative estimate of drug-likeness (QED) is 0.665. The second-order valence-corrected chi connectivity index (χ2v) is 5.95. The van der Waals surface area contributed by atoms with E-state index in [-0.39, 0.29) is 14.9 Å². The summed E-state index contributed by atoms with van der Waals surface area (Å²) in [5.41, 5.74) is 0.884. The average Bonchev–Trinajstić information content (AvgIpc) is 2.55. The number of ether oxygens (including phenoxy) is 1. The molecule has 1 unspecified atom stereocenters. The molecule has 0 fully saturated rings. The van der Waals surface area contributed by atoms with Gasteiger partial charge in [-0.3, -0.25) is 4.79 Å². The van der Waals surface area contributed by atoms with E-state index in [0.29, 0.717) is 5.56 Å². The lowest BCUT2D eigenvalue weighted by molar-refractivity contribution is -0.159. The van der Waals surface area contributed by atoms with Crippen molar-refractivity contribution in [3.8, 4) is 0 Å². The number of ketones is 1. The maximum Gasteiger partial charge on any atom is 0.350 e. The standard InChI is InChI=1S/C17H11F2IO2/c18-17(19)15(21)13(20)14(11-7-3-1-4-8-11)22-16(17)12-9-5-2-6-10-12/h1-10,16H. The monoisotopic (exact) mass is 412 g/mol. The summed E-state index contributed by atoms with van der Waals surface area (Å²) in [5.74, 6) is -4.59. The number of Topliss-reactive ketones (excluding diaryl/α,β-unsaturated/α-hetero) is 1. The van der Waals surface area contributed by atoms with Gasteiger partial charge in [0, 0.05) is 5.56 Å². The Balaban J connectivity index is 2.10. The molecule has 1 heterocycles. The minimum atomic E-state index is -3.59. The largest absolute Gasteiger partial charge is 0.477 e. The summed E-state index contributed by atoms with van der Waals surface area (Å²) in [5, 5.41) is 0. The number of hydrogen-bond acceptors (Lipinski definition) is 2. The first-order chi connectivity index (χ1) is 10.5. The molecule has 0 saturated carbocycles. The van der Waals surface area contributed by atoms with E-state index in [0.717, 1.165) is 0 Å². The van der Waals surface area contributed by atoms with Gasteiger partial charge in [-0.05, 0) is 28.2 Å². The Morgan fingerprint density at radius 3 is 2.09 bits per heavy atom. The highest BCUT2D eigenvalue weighted by Gasteiger charge is 2.54. The predicted octanol–water partition coefficient (Wildman–Crippen LogP) is 4.77. The zero-order chi connectivity index (χ0) is 15.7. The highest BCUT2D eigenvalue weighted by atomic mass is 127. The number of rotatable bonds is 2. The number of carbonyl (C=O) groups excluding carboxylic acids is 1. The van der Waals surface area contributed by atoms with Crippen molar-refractivity contribution >= 4 is 34.1 Å². The molecule has 0 saturated heterocycles. The van der Waals surface area contributed by atoms with Crippen molar-refractivity contribution in [2.24, 2.45) is 0 Å². The van der Waals surface area contributed by atoms with E-state index in [2.05, 4.69) is 0 Å². The van der Waals surface area contributed by atoms with Crippen LogP contribution in [-0.2, 0) is 9.53 Å². The Labute approximate surface area is 139 Å². The van der Waals surface area contributed by atoms with Crippen molar-refractivity contribution in [2.45, 2.75) is 12.0 Å². The molecule has 22 heavy (non-hydrogen) atoms. The van der Waals surface area contributed by atoms with Gasteiger partial charge in [0.2, 0.25) is 5.78 Å². The van der Waals surface area contributed by atoms with Crippen LogP contribution in [-0.4, -0.2) is 11.7 Å². The maximum atomic E-state index is 14.4. The molecule has 2 aromatic carbocycles. The molecule has 2 nitrogen and oxygen atoms in total. The van der Waals surface area contributed by atoms with Crippen LogP contribution in [0.25, 0.3) is 5.76 Å². The van der Waals surface area contributed by atoms with Gasteiger partial charge in [0.25, 0.3) is 0 Å². The highest BCUT2D eigenvalue weighted by molar-refractivity contribution is 14.1. The normalized spacial score (nSPS) is 20.7. The molecule has 0 amide bonds. The van der Waals surface area contributed by atoms with Crippen LogP contribution in [0.15, 0.2) is 64.2 Å². The lowest BCUT2D eigenvalue weighted by Gasteiger charge is -2.32. The van der Waals surface area contributed by atoms with Crippen LogP contribution in [0.1, 0.15) is 17.2 Å². The van der Waals surface area contributed by atoms with E-state index in [4.69, 9.17) is 4.74 Å². The van der Waals surface area contributed by atoms with E-state index in [9.17, 15) is 13.6 Å². The summed E-state index contributed by atoms with van der Waals surface area (Å²) in [6.45, 7) is 0. The van der Waals surface area contributed by atoms with Gasteiger partial charge < -0.3 is 4.74 Å². The number of benzene rings is 2. The molecule has 3 rings (SSSR count). The van der Waals surface area contributed by atoms with E-state index >= 15 is 0 Å². The second-order valence-electron chi connectivity index (χ2n) is 4.87. The molecule has 0 radical (unpaired) electrons. The molecule has 2 aromatic rings. The summed E-state index contributed by atoms with van der Waals surface area (Å²) in [6, 6.07) is 16.9. The molecule has 1 atom stereocenters. The van der Waals surface area contributed by atoms with Crippen molar-refractivity contribution in [1.29, 1.82) is 0 Å². The molecular weight excluding hydrogens is 401 g/mol. The topological polar surface area (TPSA) is 26.3 Å². The van der Waals surface area contributed by atoms with Crippen LogP contribution in [0.3, 0.4) is 0 Å².